The molecule has 3 aromatic carbocycles. The third-order valence-corrected chi connectivity index (χ3v) is 5.98. The van der Waals surface area contributed by atoms with E-state index in [1.165, 1.54) is 29.6 Å². The van der Waals surface area contributed by atoms with Crippen LogP contribution in [0.2, 0.25) is 0 Å². The molecular weight excluding hydrogens is 381 g/mol. The van der Waals surface area contributed by atoms with E-state index in [9.17, 15) is 12.8 Å². The molecule has 146 valence electrons. The van der Waals surface area contributed by atoms with E-state index in [0.29, 0.717) is 17.2 Å². The highest BCUT2D eigenvalue weighted by atomic mass is 32.2. The van der Waals surface area contributed by atoms with Crippen molar-refractivity contribution < 1.29 is 22.3 Å². The van der Waals surface area contributed by atoms with Gasteiger partial charge in [0.2, 0.25) is 0 Å². The van der Waals surface area contributed by atoms with Gasteiger partial charge in [0.25, 0.3) is 10.0 Å². The molecule has 0 aromatic heterocycles. The standard InChI is InChI=1S/C21H20FNO4S/c1-26-19-11-9-16(10-12-19)15-23(18-6-4-7-20(14-18)27-2)28(24,25)21-8-3-5-17(22)13-21/h3-14H,15H2,1-2H3. The summed E-state index contributed by atoms with van der Waals surface area (Å²) in [5.74, 6) is 0.576. The number of hydrogen-bond donors (Lipinski definition) is 0. The van der Waals surface area contributed by atoms with Crippen molar-refractivity contribution in [2.45, 2.75) is 11.4 Å². The molecule has 0 saturated heterocycles. The molecule has 0 unspecified atom stereocenters. The number of sulfonamides is 1. The van der Waals surface area contributed by atoms with Gasteiger partial charge in [-0.25, -0.2) is 12.8 Å². The Balaban J connectivity index is 2.07. The van der Waals surface area contributed by atoms with E-state index >= 15 is 0 Å². The average molecular weight is 401 g/mol. The monoisotopic (exact) mass is 401 g/mol. The van der Waals surface area contributed by atoms with Crippen LogP contribution in [0, 0.1) is 5.82 Å². The van der Waals surface area contributed by atoms with Gasteiger partial charge in [0.05, 0.1) is 31.3 Å². The summed E-state index contributed by atoms with van der Waals surface area (Å²) >= 11 is 0. The van der Waals surface area contributed by atoms with Gasteiger partial charge in [-0.3, -0.25) is 4.31 Å². The summed E-state index contributed by atoms with van der Waals surface area (Å²) in [6.45, 7) is 0.0655. The Hall–Kier alpha value is -3.06. The highest BCUT2D eigenvalue weighted by Crippen LogP contribution is 2.29. The van der Waals surface area contributed by atoms with Gasteiger partial charge in [-0.2, -0.15) is 0 Å². The minimum absolute atomic E-state index is 0.0655. The molecule has 0 aliphatic carbocycles. The van der Waals surface area contributed by atoms with Gasteiger partial charge in [-0.05, 0) is 48.0 Å². The predicted molar refractivity (Wildman–Crippen MR) is 106 cm³/mol. The van der Waals surface area contributed by atoms with E-state index in [4.69, 9.17) is 9.47 Å². The van der Waals surface area contributed by atoms with Gasteiger partial charge in [0, 0.05) is 6.07 Å². The number of hydrogen-bond acceptors (Lipinski definition) is 4. The second-order valence-electron chi connectivity index (χ2n) is 6.02. The summed E-state index contributed by atoms with van der Waals surface area (Å²) in [5, 5.41) is 0. The second-order valence-corrected chi connectivity index (χ2v) is 7.88. The van der Waals surface area contributed by atoms with Crippen molar-refractivity contribution in [3.63, 3.8) is 0 Å². The van der Waals surface area contributed by atoms with Crippen LogP contribution in [0.4, 0.5) is 10.1 Å². The van der Waals surface area contributed by atoms with E-state index < -0.39 is 15.8 Å². The summed E-state index contributed by atoms with van der Waals surface area (Å²) in [5.41, 5.74) is 1.17. The Morgan fingerprint density at radius 3 is 2.18 bits per heavy atom. The van der Waals surface area contributed by atoms with Gasteiger partial charge < -0.3 is 9.47 Å². The summed E-state index contributed by atoms with van der Waals surface area (Å²) < 4.78 is 51.9. The molecule has 0 fully saturated rings. The molecule has 7 heteroatoms. The molecule has 0 saturated carbocycles. The van der Waals surface area contributed by atoms with Crippen LogP contribution < -0.4 is 13.8 Å². The summed E-state index contributed by atoms with van der Waals surface area (Å²) in [7, 11) is -0.940. The van der Waals surface area contributed by atoms with Crippen LogP contribution in [0.3, 0.4) is 0 Å². The summed E-state index contributed by atoms with van der Waals surface area (Å²) in [4.78, 5) is -0.121. The number of benzene rings is 3. The van der Waals surface area contributed by atoms with Crippen LogP contribution in [0.25, 0.3) is 0 Å². The van der Waals surface area contributed by atoms with E-state index in [0.717, 1.165) is 11.6 Å². The van der Waals surface area contributed by atoms with Gasteiger partial charge in [-0.1, -0.05) is 24.3 Å². The first kappa shape index (κ1) is 19.7. The minimum atomic E-state index is -4.01. The first-order chi connectivity index (χ1) is 13.4. The Labute approximate surface area is 164 Å². The van der Waals surface area contributed by atoms with Gasteiger partial charge >= 0.3 is 0 Å². The Morgan fingerprint density at radius 2 is 1.54 bits per heavy atom. The zero-order valence-electron chi connectivity index (χ0n) is 15.5. The molecule has 0 aliphatic heterocycles. The molecule has 3 aromatic rings. The number of methoxy groups -OCH3 is 2. The van der Waals surface area contributed by atoms with Crippen molar-refractivity contribution in [2.24, 2.45) is 0 Å². The predicted octanol–water partition coefficient (Wildman–Crippen LogP) is 4.24. The third kappa shape index (κ3) is 4.26. The smallest absolute Gasteiger partial charge is 0.264 e. The summed E-state index contributed by atoms with van der Waals surface area (Å²) in [6, 6.07) is 18.8. The lowest BCUT2D eigenvalue weighted by atomic mass is 10.2. The minimum Gasteiger partial charge on any atom is -0.497 e. The van der Waals surface area contributed by atoms with E-state index in [2.05, 4.69) is 0 Å². The number of rotatable bonds is 7. The molecule has 0 aliphatic rings. The fraction of sp³-hybridized carbons (Fsp3) is 0.143. The van der Waals surface area contributed by atoms with Crippen molar-refractivity contribution in [2.75, 3.05) is 18.5 Å². The van der Waals surface area contributed by atoms with Crippen molar-refractivity contribution >= 4 is 15.7 Å². The molecular formula is C21H20FNO4S. The lowest BCUT2D eigenvalue weighted by molar-refractivity contribution is 0.414. The molecule has 0 radical (unpaired) electrons. The van der Waals surface area contributed by atoms with Crippen molar-refractivity contribution in [1.82, 2.24) is 0 Å². The van der Waals surface area contributed by atoms with Crippen molar-refractivity contribution in [3.05, 3.63) is 84.2 Å². The van der Waals surface area contributed by atoms with Crippen LogP contribution in [0.15, 0.2) is 77.7 Å². The van der Waals surface area contributed by atoms with Crippen LogP contribution >= 0.6 is 0 Å². The summed E-state index contributed by atoms with van der Waals surface area (Å²) in [6.07, 6.45) is 0. The van der Waals surface area contributed by atoms with E-state index in [1.807, 2.05) is 0 Å². The van der Waals surface area contributed by atoms with Crippen LogP contribution in [0.1, 0.15) is 5.56 Å². The van der Waals surface area contributed by atoms with Crippen molar-refractivity contribution in [3.8, 4) is 11.5 Å². The lowest BCUT2D eigenvalue weighted by Crippen LogP contribution is -2.30. The topological polar surface area (TPSA) is 55.8 Å². The quantitative estimate of drug-likeness (QED) is 0.594. The molecule has 0 heterocycles. The van der Waals surface area contributed by atoms with Crippen molar-refractivity contribution in [1.29, 1.82) is 0 Å². The zero-order chi connectivity index (χ0) is 20.1. The maximum atomic E-state index is 13.7. The number of anilines is 1. The molecule has 0 bridgehead atoms. The first-order valence-corrected chi connectivity index (χ1v) is 9.93. The Morgan fingerprint density at radius 1 is 0.857 bits per heavy atom. The number of nitrogens with zero attached hydrogens (tertiary/aromatic N) is 1. The maximum Gasteiger partial charge on any atom is 0.264 e. The maximum absolute atomic E-state index is 13.7. The van der Waals surface area contributed by atoms with Gasteiger partial charge in [0.15, 0.2) is 0 Å². The van der Waals surface area contributed by atoms with E-state index in [1.54, 1.807) is 55.6 Å². The first-order valence-electron chi connectivity index (χ1n) is 8.49. The average Bonchev–Trinajstić information content (AvgIpc) is 2.72. The zero-order valence-corrected chi connectivity index (χ0v) is 16.3. The Kier molecular flexibility index (Phi) is 5.84. The lowest BCUT2D eigenvalue weighted by Gasteiger charge is -2.25. The third-order valence-electron chi connectivity index (χ3n) is 4.21. The van der Waals surface area contributed by atoms with Crippen LogP contribution in [-0.2, 0) is 16.6 Å². The second kappa shape index (κ2) is 8.31. The largest absolute Gasteiger partial charge is 0.497 e. The van der Waals surface area contributed by atoms with Gasteiger partial charge in [0.1, 0.15) is 17.3 Å². The number of halogens is 1. The molecule has 5 nitrogen and oxygen atoms in total. The molecule has 0 atom stereocenters. The van der Waals surface area contributed by atoms with Crippen LogP contribution in [-0.4, -0.2) is 22.6 Å². The Bertz CT molecular complexity index is 1050. The van der Waals surface area contributed by atoms with Gasteiger partial charge in [-0.15, -0.1) is 0 Å². The highest BCUT2D eigenvalue weighted by molar-refractivity contribution is 7.92. The highest BCUT2D eigenvalue weighted by Gasteiger charge is 2.26. The van der Waals surface area contributed by atoms with Crippen LogP contribution in [0.5, 0.6) is 11.5 Å². The van der Waals surface area contributed by atoms with E-state index in [-0.39, 0.29) is 11.4 Å². The molecule has 3 rings (SSSR count). The molecule has 0 amide bonds. The fourth-order valence-corrected chi connectivity index (χ4v) is 4.21. The molecule has 0 N–H and O–H groups in total. The molecule has 28 heavy (non-hydrogen) atoms. The normalized spacial score (nSPS) is 11.1. The number of ether oxygens (including phenoxy) is 2. The fourth-order valence-electron chi connectivity index (χ4n) is 2.73. The SMILES string of the molecule is COc1ccc(CN(c2cccc(OC)c2)S(=O)(=O)c2cccc(F)c2)cc1. The molecule has 0 spiro atoms.